The van der Waals surface area contributed by atoms with E-state index in [1.54, 1.807) is 0 Å². The predicted molar refractivity (Wildman–Crippen MR) is 126 cm³/mol. The summed E-state index contributed by atoms with van der Waals surface area (Å²) in [5.41, 5.74) is 3.69. The van der Waals surface area contributed by atoms with Crippen LogP contribution < -0.4 is 10.2 Å². The molecule has 2 aliphatic heterocycles. The van der Waals surface area contributed by atoms with Gasteiger partial charge < -0.3 is 15.0 Å². The highest BCUT2D eigenvalue weighted by Gasteiger charge is 2.31. The number of carbonyl (C=O) groups is 1. The van der Waals surface area contributed by atoms with Crippen LogP contribution in [-0.4, -0.2) is 58.0 Å². The van der Waals surface area contributed by atoms with Crippen molar-refractivity contribution in [2.24, 2.45) is 5.92 Å². The summed E-state index contributed by atoms with van der Waals surface area (Å²) in [6.45, 7) is 5.89. The molecule has 2 aliphatic rings. The molecule has 172 valence electrons. The number of aryl methyl sites for hydroxylation is 1. The Morgan fingerprint density at radius 2 is 1.66 bits per heavy atom. The number of nitrogens with one attached hydrogen (secondary N) is 1. The molecule has 8 heteroatoms. The lowest BCUT2D eigenvalue weighted by Gasteiger charge is -2.31. The van der Waals surface area contributed by atoms with Gasteiger partial charge >= 0.3 is 0 Å². The summed E-state index contributed by atoms with van der Waals surface area (Å²) in [4.78, 5) is 15.0. The molecule has 0 bridgehead atoms. The number of rotatable bonds is 6. The van der Waals surface area contributed by atoms with Crippen molar-refractivity contribution in [2.75, 3.05) is 49.6 Å². The van der Waals surface area contributed by atoms with Crippen LogP contribution in [0.1, 0.15) is 24.0 Å². The van der Waals surface area contributed by atoms with Crippen molar-refractivity contribution in [3.05, 3.63) is 59.7 Å². The Bertz CT molecular complexity index is 1030. The van der Waals surface area contributed by atoms with E-state index in [0.717, 1.165) is 48.8 Å². The van der Waals surface area contributed by atoms with Crippen molar-refractivity contribution in [2.45, 2.75) is 25.5 Å². The third kappa shape index (κ3) is 5.49. The fraction of sp³-hybridized carbons (Fsp3) is 0.458. The van der Waals surface area contributed by atoms with Crippen molar-refractivity contribution in [1.82, 2.24) is 4.31 Å². The molecule has 1 N–H and O–H groups in total. The van der Waals surface area contributed by atoms with Gasteiger partial charge in [0.05, 0.1) is 19.0 Å². The van der Waals surface area contributed by atoms with Crippen molar-refractivity contribution in [3.8, 4) is 0 Å². The number of hydrogen-bond acceptors (Lipinski definition) is 5. The molecule has 0 aromatic heterocycles. The van der Waals surface area contributed by atoms with Gasteiger partial charge in [0.2, 0.25) is 15.9 Å². The first-order valence-corrected chi connectivity index (χ1v) is 12.8. The Labute approximate surface area is 190 Å². The number of anilines is 2. The zero-order valence-electron chi connectivity index (χ0n) is 18.5. The largest absolute Gasteiger partial charge is 0.378 e. The van der Waals surface area contributed by atoms with Crippen molar-refractivity contribution >= 4 is 27.3 Å². The summed E-state index contributed by atoms with van der Waals surface area (Å²) in [5, 5.41) is 2.99. The van der Waals surface area contributed by atoms with Crippen molar-refractivity contribution in [3.63, 3.8) is 0 Å². The molecule has 7 nitrogen and oxygen atoms in total. The Morgan fingerprint density at radius 1 is 1.00 bits per heavy atom. The lowest BCUT2D eigenvalue weighted by molar-refractivity contribution is -0.120. The highest BCUT2D eigenvalue weighted by atomic mass is 32.2. The summed E-state index contributed by atoms with van der Waals surface area (Å²) in [6.07, 6.45) is 1.06. The van der Waals surface area contributed by atoms with Gasteiger partial charge in [0.25, 0.3) is 0 Å². The number of sulfonamides is 1. The monoisotopic (exact) mass is 457 g/mol. The first kappa shape index (κ1) is 22.8. The molecule has 0 aliphatic carbocycles. The third-order valence-corrected chi connectivity index (χ3v) is 8.16. The molecule has 2 saturated heterocycles. The van der Waals surface area contributed by atoms with Crippen molar-refractivity contribution in [1.29, 1.82) is 0 Å². The lowest BCUT2D eigenvalue weighted by atomic mass is 9.97. The molecule has 4 rings (SSSR count). The summed E-state index contributed by atoms with van der Waals surface area (Å²) in [7, 11) is -3.39. The van der Waals surface area contributed by atoms with Crippen LogP contribution in [0.4, 0.5) is 11.4 Å². The number of amides is 1. The van der Waals surface area contributed by atoms with E-state index >= 15 is 0 Å². The fourth-order valence-corrected chi connectivity index (χ4v) is 5.94. The minimum atomic E-state index is -3.39. The molecule has 0 atom stereocenters. The number of hydrogen-bond donors (Lipinski definition) is 1. The van der Waals surface area contributed by atoms with E-state index in [2.05, 4.69) is 10.2 Å². The molecule has 2 heterocycles. The van der Waals surface area contributed by atoms with E-state index in [1.807, 2.05) is 55.5 Å². The molecular weight excluding hydrogens is 426 g/mol. The molecule has 0 saturated carbocycles. The van der Waals surface area contributed by atoms with E-state index in [4.69, 9.17) is 4.74 Å². The van der Waals surface area contributed by atoms with Crippen LogP contribution >= 0.6 is 0 Å². The van der Waals surface area contributed by atoms with Crippen LogP contribution in [-0.2, 0) is 25.3 Å². The number of benzene rings is 2. The maximum Gasteiger partial charge on any atom is 0.227 e. The van der Waals surface area contributed by atoms with Gasteiger partial charge in [-0.05, 0) is 55.2 Å². The lowest BCUT2D eigenvalue weighted by Crippen LogP contribution is -2.42. The first-order valence-electron chi connectivity index (χ1n) is 11.2. The standard InChI is InChI=1S/C24H31N3O4S/c1-19-4-2-3-5-21(19)18-32(29,30)27-12-10-20(11-13-27)24(28)25-22-6-8-23(9-7-22)26-14-16-31-17-15-26/h2-9,20H,10-18H2,1H3,(H,25,28). The Morgan fingerprint density at radius 3 is 2.31 bits per heavy atom. The van der Waals surface area contributed by atoms with Gasteiger partial charge in [-0.3, -0.25) is 4.79 Å². The van der Waals surface area contributed by atoms with Crippen LogP contribution in [0.2, 0.25) is 0 Å². The van der Waals surface area contributed by atoms with Gasteiger partial charge in [-0.15, -0.1) is 0 Å². The number of morpholine rings is 1. The molecule has 2 aromatic carbocycles. The van der Waals surface area contributed by atoms with E-state index in [-0.39, 0.29) is 17.6 Å². The van der Waals surface area contributed by atoms with Crippen LogP contribution in [0.5, 0.6) is 0 Å². The average Bonchev–Trinajstić information content (AvgIpc) is 2.81. The predicted octanol–water partition coefficient (Wildman–Crippen LogP) is 3.01. The summed E-state index contributed by atoms with van der Waals surface area (Å²) >= 11 is 0. The zero-order chi connectivity index (χ0) is 22.6. The van der Waals surface area contributed by atoms with Crippen LogP contribution in [0.25, 0.3) is 0 Å². The summed E-state index contributed by atoms with van der Waals surface area (Å²) in [6, 6.07) is 15.4. The smallest absolute Gasteiger partial charge is 0.227 e. The van der Waals surface area contributed by atoms with Gasteiger partial charge in [0, 0.05) is 43.5 Å². The van der Waals surface area contributed by atoms with E-state index in [0.29, 0.717) is 25.9 Å². The molecule has 2 aromatic rings. The minimum Gasteiger partial charge on any atom is -0.378 e. The topological polar surface area (TPSA) is 79.0 Å². The second kappa shape index (κ2) is 10.0. The van der Waals surface area contributed by atoms with Gasteiger partial charge in [-0.1, -0.05) is 24.3 Å². The van der Waals surface area contributed by atoms with Crippen LogP contribution in [0, 0.1) is 12.8 Å². The molecule has 0 unspecified atom stereocenters. The number of piperidine rings is 1. The fourth-order valence-electron chi connectivity index (χ4n) is 4.28. The molecule has 0 spiro atoms. The Balaban J connectivity index is 1.29. The zero-order valence-corrected chi connectivity index (χ0v) is 19.3. The average molecular weight is 458 g/mol. The Hall–Kier alpha value is -2.42. The van der Waals surface area contributed by atoms with Gasteiger partial charge in [-0.2, -0.15) is 0 Å². The second-order valence-corrected chi connectivity index (χ2v) is 10.5. The summed E-state index contributed by atoms with van der Waals surface area (Å²) in [5.74, 6) is -0.217. The highest BCUT2D eigenvalue weighted by Crippen LogP contribution is 2.25. The first-order chi connectivity index (χ1) is 15.4. The van der Waals surface area contributed by atoms with E-state index < -0.39 is 10.0 Å². The molecule has 2 fully saturated rings. The maximum absolute atomic E-state index is 12.9. The minimum absolute atomic E-state index is 0.00598. The van der Waals surface area contributed by atoms with Gasteiger partial charge in [0.15, 0.2) is 0 Å². The third-order valence-electron chi connectivity index (χ3n) is 6.33. The normalized spacial score (nSPS) is 18.5. The van der Waals surface area contributed by atoms with Gasteiger partial charge in [-0.25, -0.2) is 12.7 Å². The SMILES string of the molecule is Cc1ccccc1CS(=O)(=O)N1CCC(C(=O)Nc2ccc(N3CCOCC3)cc2)CC1. The number of carbonyl (C=O) groups excluding carboxylic acids is 1. The molecule has 0 radical (unpaired) electrons. The van der Waals surface area contributed by atoms with Crippen LogP contribution in [0.3, 0.4) is 0 Å². The number of ether oxygens (including phenoxy) is 1. The second-order valence-electron chi connectivity index (χ2n) is 8.49. The molecule has 1 amide bonds. The van der Waals surface area contributed by atoms with E-state index in [9.17, 15) is 13.2 Å². The highest BCUT2D eigenvalue weighted by molar-refractivity contribution is 7.88. The van der Waals surface area contributed by atoms with Crippen molar-refractivity contribution < 1.29 is 17.9 Å². The van der Waals surface area contributed by atoms with E-state index in [1.165, 1.54) is 4.31 Å². The quantitative estimate of drug-likeness (QED) is 0.721. The maximum atomic E-state index is 12.9. The molecule has 32 heavy (non-hydrogen) atoms. The number of nitrogens with zero attached hydrogens (tertiary/aromatic N) is 2. The summed E-state index contributed by atoms with van der Waals surface area (Å²) < 4.78 is 32.6. The molecular formula is C24H31N3O4S. The van der Waals surface area contributed by atoms with Crippen LogP contribution in [0.15, 0.2) is 48.5 Å². The Kier molecular flexibility index (Phi) is 7.13. The van der Waals surface area contributed by atoms with Gasteiger partial charge in [0.1, 0.15) is 0 Å².